The van der Waals surface area contributed by atoms with E-state index in [4.69, 9.17) is 0 Å². The van der Waals surface area contributed by atoms with Gasteiger partial charge in [0, 0.05) is 31.2 Å². The van der Waals surface area contributed by atoms with Crippen molar-refractivity contribution in [3.63, 3.8) is 0 Å². The van der Waals surface area contributed by atoms with Crippen molar-refractivity contribution in [3.05, 3.63) is 0 Å². The second kappa shape index (κ2) is 9.15. The summed E-state index contributed by atoms with van der Waals surface area (Å²) >= 11 is 0. The molecule has 0 saturated heterocycles. The Balaban J connectivity index is 4.88. The lowest BCUT2D eigenvalue weighted by molar-refractivity contribution is 0.0916. The maximum atomic E-state index is 3.72. The summed E-state index contributed by atoms with van der Waals surface area (Å²) in [4.78, 5) is 2.75. The first-order chi connectivity index (χ1) is 9.56. The average molecular weight is 299 g/mol. The summed E-state index contributed by atoms with van der Waals surface area (Å²) in [5.74, 6) is 0.738. The van der Waals surface area contributed by atoms with Crippen LogP contribution >= 0.6 is 0 Å². The topological polar surface area (TPSA) is 15.3 Å². The number of hydrogen-bond donors (Lipinski definition) is 1. The summed E-state index contributed by atoms with van der Waals surface area (Å²) in [6.45, 7) is 24.4. The predicted molar refractivity (Wildman–Crippen MR) is 96.9 cm³/mol. The molecule has 2 nitrogen and oxygen atoms in total. The van der Waals surface area contributed by atoms with E-state index in [1.807, 2.05) is 0 Å². The van der Waals surface area contributed by atoms with E-state index >= 15 is 0 Å². The third-order valence-corrected chi connectivity index (χ3v) is 4.54. The summed E-state index contributed by atoms with van der Waals surface area (Å²) in [6.07, 6.45) is 3.75. The molecular weight excluding hydrogens is 256 g/mol. The molecule has 0 aliphatic carbocycles. The van der Waals surface area contributed by atoms with E-state index < -0.39 is 0 Å². The van der Waals surface area contributed by atoms with Gasteiger partial charge in [-0.3, -0.25) is 4.90 Å². The van der Waals surface area contributed by atoms with E-state index in [9.17, 15) is 0 Å². The highest BCUT2D eigenvalue weighted by molar-refractivity contribution is 4.85. The normalized spacial score (nSPS) is 16.0. The fraction of sp³-hybridized carbons (Fsp3) is 1.00. The van der Waals surface area contributed by atoms with E-state index in [0.717, 1.165) is 18.5 Å². The Morgan fingerprint density at radius 2 is 1.48 bits per heavy atom. The van der Waals surface area contributed by atoms with Gasteiger partial charge in [0.25, 0.3) is 0 Å². The standard InChI is InChI=1S/C19H42N2/c1-10-17(11-2)21(13-16(4)5)15-19(9,12-3)14-20-18(6,7)8/h16-17,20H,10-15H2,1-9H3. The molecule has 0 amide bonds. The average Bonchev–Trinajstić information content (AvgIpc) is 2.36. The fourth-order valence-corrected chi connectivity index (χ4v) is 2.88. The molecule has 0 rings (SSSR count). The van der Waals surface area contributed by atoms with Crippen molar-refractivity contribution in [1.29, 1.82) is 0 Å². The zero-order chi connectivity index (χ0) is 16.7. The predicted octanol–water partition coefficient (Wildman–Crippen LogP) is 4.94. The molecule has 0 bridgehead atoms. The van der Waals surface area contributed by atoms with E-state index in [0.29, 0.717) is 5.41 Å². The van der Waals surface area contributed by atoms with E-state index in [1.165, 1.54) is 32.4 Å². The van der Waals surface area contributed by atoms with Gasteiger partial charge in [-0.05, 0) is 51.4 Å². The highest BCUT2D eigenvalue weighted by atomic mass is 15.2. The molecule has 0 aromatic rings. The van der Waals surface area contributed by atoms with Crippen LogP contribution in [0.4, 0.5) is 0 Å². The van der Waals surface area contributed by atoms with Crippen LogP contribution < -0.4 is 5.32 Å². The molecule has 1 atom stereocenters. The first-order valence-corrected chi connectivity index (χ1v) is 9.06. The molecule has 0 aromatic heterocycles. The molecule has 1 N–H and O–H groups in total. The van der Waals surface area contributed by atoms with Gasteiger partial charge < -0.3 is 5.32 Å². The lowest BCUT2D eigenvalue weighted by Gasteiger charge is -2.41. The first-order valence-electron chi connectivity index (χ1n) is 9.06. The minimum absolute atomic E-state index is 0.203. The smallest absolute Gasteiger partial charge is 0.00967 e. The minimum Gasteiger partial charge on any atom is -0.311 e. The fourth-order valence-electron chi connectivity index (χ4n) is 2.88. The van der Waals surface area contributed by atoms with Crippen LogP contribution in [0, 0.1) is 11.3 Å². The SMILES string of the molecule is CCC(CC)N(CC(C)C)CC(C)(CC)CNC(C)(C)C. The third-order valence-electron chi connectivity index (χ3n) is 4.54. The van der Waals surface area contributed by atoms with Gasteiger partial charge in [-0.25, -0.2) is 0 Å². The molecule has 128 valence electrons. The summed E-state index contributed by atoms with van der Waals surface area (Å²) in [7, 11) is 0. The molecule has 0 aromatic carbocycles. The molecule has 1 unspecified atom stereocenters. The number of nitrogens with one attached hydrogen (secondary N) is 1. The van der Waals surface area contributed by atoms with Crippen LogP contribution in [-0.2, 0) is 0 Å². The maximum absolute atomic E-state index is 3.72. The summed E-state index contributed by atoms with van der Waals surface area (Å²) in [5, 5.41) is 3.72. The van der Waals surface area contributed by atoms with Crippen molar-refractivity contribution >= 4 is 0 Å². The van der Waals surface area contributed by atoms with Crippen LogP contribution in [-0.4, -0.2) is 36.1 Å². The Labute approximate surface area is 135 Å². The first kappa shape index (κ1) is 20.9. The summed E-state index contributed by atoms with van der Waals surface area (Å²) in [5.41, 5.74) is 0.555. The maximum Gasteiger partial charge on any atom is 0.00967 e. The van der Waals surface area contributed by atoms with E-state index in [2.05, 4.69) is 72.5 Å². The Morgan fingerprint density at radius 3 is 1.81 bits per heavy atom. The lowest BCUT2D eigenvalue weighted by Crippen LogP contribution is -2.50. The van der Waals surface area contributed by atoms with Gasteiger partial charge in [0.15, 0.2) is 0 Å². The Kier molecular flexibility index (Phi) is 9.11. The molecule has 0 heterocycles. The molecular formula is C19H42N2. The van der Waals surface area contributed by atoms with Crippen molar-refractivity contribution in [2.45, 2.75) is 93.2 Å². The van der Waals surface area contributed by atoms with Crippen LogP contribution in [0.2, 0.25) is 0 Å². The number of nitrogens with zero attached hydrogens (tertiary/aromatic N) is 1. The Morgan fingerprint density at radius 1 is 0.952 bits per heavy atom. The van der Waals surface area contributed by atoms with Gasteiger partial charge in [0.1, 0.15) is 0 Å². The molecule has 21 heavy (non-hydrogen) atoms. The van der Waals surface area contributed by atoms with Crippen LogP contribution in [0.3, 0.4) is 0 Å². The summed E-state index contributed by atoms with van der Waals surface area (Å²) < 4.78 is 0. The highest BCUT2D eigenvalue weighted by Crippen LogP contribution is 2.26. The van der Waals surface area contributed by atoms with Gasteiger partial charge in [-0.15, -0.1) is 0 Å². The van der Waals surface area contributed by atoms with Gasteiger partial charge >= 0.3 is 0 Å². The lowest BCUT2D eigenvalue weighted by atomic mass is 9.85. The van der Waals surface area contributed by atoms with Gasteiger partial charge in [-0.1, -0.05) is 41.5 Å². The molecule has 0 aliphatic heterocycles. The minimum atomic E-state index is 0.203. The second-order valence-corrected chi connectivity index (χ2v) is 8.56. The van der Waals surface area contributed by atoms with Crippen LogP contribution in [0.1, 0.15) is 81.6 Å². The van der Waals surface area contributed by atoms with Gasteiger partial charge in [0.05, 0.1) is 0 Å². The zero-order valence-corrected chi connectivity index (χ0v) is 16.3. The van der Waals surface area contributed by atoms with Gasteiger partial charge in [-0.2, -0.15) is 0 Å². The third kappa shape index (κ3) is 8.83. The van der Waals surface area contributed by atoms with Crippen molar-refractivity contribution in [3.8, 4) is 0 Å². The highest BCUT2D eigenvalue weighted by Gasteiger charge is 2.29. The van der Waals surface area contributed by atoms with Crippen LogP contribution in [0.25, 0.3) is 0 Å². The van der Waals surface area contributed by atoms with Crippen molar-refractivity contribution in [1.82, 2.24) is 10.2 Å². The van der Waals surface area contributed by atoms with Crippen molar-refractivity contribution < 1.29 is 0 Å². The Hall–Kier alpha value is -0.0800. The molecule has 0 saturated carbocycles. The van der Waals surface area contributed by atoms with Gasteiger partial charge in [0.2, 0.25) is 0 Å². The van der Waals surface area contributed by atoms with E-state index in [1.54, 1.807) is 0 Å². The number of hydrogen-bond acceptors (Lipinski definition) is 2. The largest absolute Gasteiger partial charge is 0.311 e. The molecule has 2 heteroatoms. The molecule has 0 spiro atoms. The Bertz CT molecular complexity index is 263. The second-order valence-electron chi connectivity index (χ2n) is 8.56. The number of rotatable bonds is 10. The van der Waals surface area contributed by atoms with Crippen molar-refractivity contribution in [2.75, 3.05) is 19.6 Å². The molecule has 0 radical (unpaired) electrons. The molecule has 0 fully saturated rings. The quantitative estimate of drug-likeness (QED) is 0.614. The van der Waals surface area contributed by atoms with Crippen LogP contribution in [0.15, 0.2) is 0 Å². The van der Waals surface area contributed by atoms with Crippen molar-refractivity contribution in [2.24, 2.45) is 11.3 Å². The van der Waals surface area contributed by atoms with Crippen LogP contribution in [0.5, 0.6) is 0 Å². The zero-order valence-electron chi connectivity index (χ0n) is 16.3. The molecule has 0 aliphatic rings. The summed E-state index contributed by atoms with van der Waals surface area (Å²) in [6, 6.07) is 0.730. The monoisotopic (exact) mass is 298 g/mol. The van der Waals surface area contributed by atoms with E-state index in [-0.39, 0.29) is 5.54 Å².